The van der Waals surface area contributed by atoms with Crippen LogP contribution in [0.15, 0.2) is 24.4 Å². The summed E-state index contributed by atoms with van der Waals surface area (Å²) in [5.41, 5.74) is 1.63. The van der Waals surface area contributed by atoms with Crippen molar-refractivity contribution in [2.75, 3.05) is 39.8 Å². The number of aromatic nitrogens is 1. The van der Waals surface area contributed by atoms with E-state index in [2.05, 4.69) is 22.9 Å². The highest BCUT2D eigenvalue weighted by atomic mass is 16.2. The zero-order valence-electron chi connectivity index (χ0n) is 14.0. The predicted octanol–water partition coefficient (Wildman–Crippen LogP) is 1.60. The van der Waals surface area contributed by atoms with Crippen molar-refractivity contribution in [1.29, 1.82) is 5.26 Å². The second-order valence-electron chi connectivity index (χ2n) is 6.28. The van der Waals surface area contributed by atoms with Gasteiger partial charge < -0.3 is 4.90 Å². The van der Waals surface area contributed by atoms with Gasteiger partial charge in [0.25, 0.3) is 0 Å². The monoisotopic (exact) mass is 324 g/mol. The van der Waals surface area contributed by atoms with Crippen LogP contribution in [0.25, 0.3) is 10.9 Å². The molecule has 0 N–H and O–H groups in total. The maximum Gasteiger partial charge on any atom is 0.227 e. The molecule has 124 valence electrons. The van der Waals surface area contributed by atoms with Crippen LogP contribution in [-0.2, 0) is 0 Å². The number of benzene rings is 1. The Hall–Kier alpha value is -2.49. The number of hydrogen-bond acceptors (Lipinski definition) is 5. The minimum atomic E-state index is -0.172. The highest BCUT2D eigenvalue weighted by Crippen LogP contribution is 2.23. The Bertz CT molecular complexity index is 839. The standard InChI is InChI=1S/C18H20N4O2/c1-13(23)22-11-16(15-4-3-14(10-19)9-17(15)22)18(24)12-21-7-5-20(2)6-8-21/h3-4,9,11H,5-8,12H2,1-2H3. The van der Waals surface area contributed by atoms with Crippen LogP contribution in [0.1, 0.15) is 27.6 Å². The molecule has 1 aromatic carbocycles. The Labute approximate surface area is 140 Å². The van der Waals surface area contributed by atoms with Gasteiger partial charge in [-0.25, -0.2) is 0 Å². The Kier molecular flexibility index (Phi) is 4.47. The molecule has 1 aliphatic rings. The van der Waals surface area contributed by atoms with E-state index in [0.29, 0.717) is 23.2 Å². The van der Waals surface area contributed by atoms with Crippen molar-refractivity contribution in [2.45, 2.75) is 6.92 Å². The zero-order chi connectivity index (χ0) is 17.3. The lowest BCUT2D eigenvalue weighted by Gasteiger charge is -2.31. The summed E-state index contributed by atoms with van der Waals surface area (Å²) in [4.78, 5) is 29.0. The Balaban J connectivity index is 1.92. The number of hydrogen-bond donors (Lipinski definition) is 0. The van der Waals surface area contributed by atoms with E-state index in [1.54, 1.807) is 24.4 Å². The number of fused-ring (bicyclic) bond motifs is 1. The average Bonchev–Trinajstić information content (AvgIpc) is 2.96. The Morgan fingerprint density at radius 2 is 1.92 bits per heavy atom. The summed E-state index contributed by atoms with van der Waals surface area (Å²) in [6.45, 7) is 5.44. The first kappa shape index (κ1) is 16.4. The lowest BCUT2D eigenvalue weighted by molar-refractivity contribution is 0.0878. The molecule has 0 aliphatic carbocycles. The lowest BCUT2D eigenvalue weighted by Crippen LogP contribution is -2.46. The molecule has 2 heterocycles. The topological polar surface area (TPSA) is 69.3 Å². The normalized spacial score (nSPS) is 16.2. The van der Waals surface area contributed by atoms with Gasteiger partial charge in [0.1, 0.15) is 0 Å². The van der Waals surface area contributed by atoms with Crippen LogP contribution in [0, 0.1) is 11.3 Å². The molecule has 0 radical (unpaired) electrons. The molecule has 0 saturated carbocycles. The number of likely N-dealkylation sites (N-methyl/N-ethyl adjacent to an activating group) is 1. The van der Waals surface area contributed by atoms with E-state index in [-0.39, 0.29) is 11.7 Å². The van der Waals surface area contributed by atoms with Crippen molar-refractivity contribution in [3.63, 3.8) is 0 Å². The number of ketones is 1. The number of carbonyl (C=O) groups excluding carboxylic acids is 2. The van der Waals surface area contributed by atoms with Gasteiger partial charge in [-0.1, -0.05) is 6.07 Å². The van der Waals surface area contributed by atoms with E-state index >= 15 is 0 Å². The Morgan fingerprint density at radius 1 is 1.21 bits per heavy atom. The highest BCUT2D eigenvalue weighted by Gasteiger charge is 2.21. The average molecular weight is 324 g/mol. The quantitative estimate of drug-likeness (QED) is 0.802. The fourth-order valence-corrected chi connectivity index (χ4v) is 3.07. The third kappa shape index (κ3) is 3.09. The minimum Gasteiger partial charge on any atom is -0.304 e. The van der Waals surface area contributed by atoms with Gasteiger partial charge in [-0.2, -0.15) is 5.26 Å². The summed E-state index contributed by atoms with van der Waals surface area (Å²) in [6, 6.07) is 7.16. The summed E-state index contributed by atoms with van der Waals surface area (Å²) in [7, 11) is 2.08. The summed E-state index contributed by atoms with van der Waals surface area (Å²) >= 11 is 0. The number of rotatable bonds is 3. The molecule has 0 amide bonds. The van der Waals surface area contributed by atoms with Gasteiger partial charge in [-0.15, -0.1) is 0 Å². The van der Waals surface area contributed by atoms with Crippen LogP contribution < -0.4 is 0 Å². The van der Waals surface area contributed by atoms with Gasteiger partial charge in [0.05, 0.1) is 23.7 Å². The molecular weight excluding hydrogens is 304 g/mol. The molecule has 1 aliphatic heterocycles. The van der Waals surface area contributed by atoms with Gasteiger partial charge in [-0.3, -0.25) is 19.1 Å². The molecule has 0 bridgehead atoms. The van der Waals surface area contributed by atoms with E-state index in [0.717, 1.165) is 31.6 Å². The Morgan fingerprint density at radius 3 is 2.54 bits per heavy atom. The van der Waals surface area contributed by atoms with E-state index in [1.807, 2.05) is 0 Å². The number of carbonyl (C=O) groups is 2. The number of nitrogens with zero attached hydrogens (tertiary/aromatic N) is 4. The van der Waals surface area contributed by atoms with Gasteiger partial charge in [0.2, 0.25) is 5.91 Å². The van der Waals surface area contributed by atoms with Crippen LogP contribution in [0.4, 0.5) is 0 Å². The van der Waals surface area contributed by atoms with E-state index in [9.17, 15) is 9.59 Å². The molecule has 3 rings (SSSR count). The second kappa shape index (κ2) is 6.56. The maximum atomic E-state index is 12.8. The van der Waals surface area contributed by atoms with Crippen LogP contribution in [-0.4, -0.2) is 65.8 Å². The van der Waals surface area contributed by atoms with E-state index < -0.39 is 0 Å². The fraction of sp³-hybridized carbons (Fsp3) is 0.389. The maximum absolute atomic E-state index is 12.8. The van der Waals surface area contributed by atoms with Crippen LogP contribution >= 0.6 is 0 Å². The molecule has 24 heavy (non-hydrogen) atoms. The molecule has 0 spiro atoms. The van der Waals surface area contributed by atoms with Crippen molar-refractivity contribution in [3.8, 4) is 6.07 Å². The van der Waals surface area contributed by atoms with Crippen LogP contribution in [0.2, 0.25) is 0 Å². The molecular formula is C18H20N4O2. The third-order valence-corrected chi connectivity index (χ3v) is 4.54. The smallest absolute Gasteiger partial charge is 0.227 e. The predicted molar refractivity (Wildman–Crippen MR) is 91.2 cm³/mol. The third-order valence-electron chi connectivity index (χ3n) is 4.54. The zero-order valence-corrected chi connectivity index (χ0v) is 14.0. The lowest BCUT2D eigenvalue weighted by atomic mass is 10.1. The molecule has 1 aromatic heterocycles. The van der Waals surface area contributed by atoms with Crippen molar-refractivity contribution in [1.82, 2.24) is 14.4 Å². The van der Waals surface area contributed by atoms with Gasteiger partial charge in [-0.05, 0) is 19.2 Å². The summed E-state index contributed by atoms with van der Waals surface area (Å²) in [6.07, 6.45) is 1.60. The van der Waals surface area contributed by atoms with Gasteiger partial charge >= 0.3 is 0 Å². The molecule has 6 nitrogen and oxygen atoms in total. The largest absolute Gasteiger partial charge is 0.304 e. The van der Waals surface area contributed by atoms with Crippen molar-refractivity contribution < 1.29 is 9.59 Å². The van der Waals surface area contributed by atoms with Gasteiger partial charge in [0, 0.05) is 50.2 Å². The highest BCUT2D eigenvalue weighted by molar-refractivity contribution is 6.11. The van der Waals surface area contributed by atoms with Crippen LogP contribution in [0.5, 0.6) is 0 Å². The molecule has 0 atom stereocenters. The number of piperazine rings is 1. The first-order valence-electron chi connectivity index (χ1n) is 8.00. The molecule has 1 fully saturated rings. The second-order valence-corrected chi connectivity index (χ2v) is 6.28. The summed E-state index contributed by atoms with van der Waals surface area (Å²) < 4.78 is 1.45. The number of nitriles is 1. The van der Waals surface area contributed by atoms with Crippen molar-refractivity contribution in [3.05, 3.63) is 35.5 Å². The first-order chi connectivity index (χ1) is 11.5. The molecule has 0 unspecified atom stereocenters. The van der Waals surface area contributed by atoms with Crippen molar-refractivity contribution >= 4 is 22.6 Å². The molecule has 1 saturated heterocycles. The number of Topliss-reactive ketones (excluding diaryl/α,β-unsaturated/α-hetero) is 1. The minimum absolute atomic E-state index is 0.00857. The molecule has 2 aromatic rings. The van der Waals surface area contributed by atoms with Crippen LogP contribution in [0.3, 0.4) is 0 Å². The van der Waals surface area contributed by atoms with E-state index in [4.69, 9.17) is 5.26 Å². The van der Waals surface area contributed by atoms with Gasteiger partial charge in [0.15, 0.2) is 5.78 Å². The first-order valence-corrected chi connectivity index (χ1v) is 8.00. The van der Waals surface area contributed by atoms with E-state index in [1.165, 1.54) is 11.5 Å². The summed E-state index contributed by atoms with van der Waals surface area (Å²) in [5, 5.41) is 9.78. The summed E-state index contributed by atoms with van der Waals surface area (Å²) in [5.74, 6) is -0.164. The van der Waals surface area contributed by atoms with Crippen molar-refractivity contribution in [2.24, 2.45) is 0 Å². The molecule has 6 heteroatoms. The SMILES string of the molecule is CC(=O)n1cc(C(=O)CN2CCN(C)CC2)c2ccc(C#N)cc21. The fourth-order valence-electron chi connectivity index (χ4n) is 3.07.